The summed E-state index contributed by atoms with van der Waals surface area (Å²) in [7, 11) is -3.61. The lowest BCUT2D eigenvalue weighted by molar-refractivity contribution is -0.118. The molecule has 3 N–H and O–H groups in total. The Morgan fingerprint density at radius 2 is 2.10 bits per heavy atom. The number of anilines is 1. The Hall–Kier alpha value is -1.31. The SMILES string of the molecule is NC(=O)C1Nc2ccc(Cl)cc2C1S(=O)(=O)N1CCC1. The minimum Gasteiger partial charge on any atom is -0.372 e. The van der Waals surface area contributed by atoms with E-state index in [1.165, 1.54) is 4.31 Å². The highest BCUT2D eigenvalue weighted by molar-refractivity contribution is 7.89. The molecule has 0 spiro atoms. The third-order valence-corrected chi connectivity index (χ3v) is 6.22. The van der Waals surface area contributed by atoms with Gasteiger partial charge in [0, 0.05) is 23.8 Å². The Kier molecular flexibility index (Phi) is 3.15. The number of carbonyl (C=O) groups is 1. The fourth-order valence-electron chi connectivity index (χ4n) is 2.58. The first-order valence-electron chi connectivity index (χ1n) is 6.25. The lowest BCUT2D eigenvalue weighted by Crippen LogP contribution is -2.49. The number of carbonyl (C=O) groups excluding carboxylic acids is 1. The highest BCUT2D eigenvalue weighted by Crippen LogP contribution is 2.42. The van der Waals surface area contributed by atoms with Gasteiger partial charge >= 0.3 is 0 Å². The van der Waals surface area contributed by atoms with E-state index in [9.17, 15) is 13.2 Å². The zero-order valence-corrected chi connectivity index (χ0v) is 12.1. The molecular weight excluding hydrogens is 302 g/mol. The van der Waals surface area contributed by atoms with Crippen LogP contribution in [-0.2, 0) is 14.8 Å². The van der Waals surface area contributed by atoms with Crippen molar-refractivity contribution in [2.45, 2.75) is 17.7 Å². The average Bonchev–Trinajstić information content (AvgIpc) is 2.64. The predicted molar refractivity (Wildman–Crippen MR) is 75.9 cm³/mol. The van der Waals surface area contributed by atoms with Crippen LogP contribution in [0.25, 0.3) is 0 Å². The molecule has 6 nitrogen and oxygen atoms in total. The molecule has 20 heavy (non-hydrogen) atoms. The first-order chi connectivity index (χ1) is 9.41. The van der Waals surface area contributed by atoms with Crippen LogP contribution in [0.1, 0.15) is 17.2 Å². The molecule has 0 aliphatic carbocycles. The molecule has 8 heteroatoms. The maximum Gasteiger partial charge on any atom is 0.241 e. The lowest BCUT2D eigenvalue weighted by Gasteiger charge is -2.33. The number of fused-ring (bicyclic) bond motifs is 1. The summed E-state index contributed by atoms with van der Waals surface area (Å²) < 4.78 is 26.7. The van der Waals surface area contributed by atoms with E-state index in [0.717, 1.165) is 6.42 Å². The second-order valence-corrected chi connectivity index (χ2v) is 7.46. The molecular formula is C12H14ClN3O3S. The van der Waals surface area contributed by atoms with Gasteiger partial charge in [0.2, 0.25) is 15.9 Å². The quantitative estimate of drug-likeness (QED) is 0.858. The van der Waals surface area contributed by atoms with Crippen LogP contribution >= 0.6 is 11.6 Å². The van der Waals surface area contributed by atoms with Gasteiger partial charge in [0.1, 0.15) is 11.3 Å². The first-order valence-corrected chi connectivity index (χ1v) is 8.13. The van der Waals surface area contributed by atoms with E-state index in [1.807, 2.05) is 0 Å². The van der Waals surface area contributed by atoms with Crippen molar-refractivity contribution >= 4 is 33.2 Å². The molecule has 1 amide bonds. The fraction of sp³-hybridized carbons (Fsp3) is 0.417. The number of hydrogen-bond acceptors (Lipinski definition) is 4. The van der Waals surface area contributed by atoms with Gasteiger partial charge < -0.3 is 11.1 Å². The van der Waals surface area contributed by atoms with Crippen molar-refractivity contribution in [2.24, 2.45) is 5.73 Å². The summed E-state index contributed by atoms with van der Waals surface area (Å²) >= 11 is 5.94. The normalized spacial score (nSPS) is 25.6. The highest BCUT2D eigenvalue weighted by Gasteiger charge is 2.48. The van der Waals surface area contributed by atoms with Crippen molar-refractivity contribution in [2.75, 3.05) is 18.4 Å². The number of sulfonamides is 1. The van der Waals surface area contributed by atoms with E-state index in [0.29, 0.717) is 29.4 Å². The number of nitrogens with two attached hydrogens (primary N) is 1. The molecule has 0 bridgehead atoms. The average molecular weight is 316 g/mol. The summed E-state index contributed by atoms with van der Waals surface area (Å²) in [6.45, 7) is 0.973. The van der Waals surface area contributed by atoms with E-state index in [1.54, 1.807) is 18.2 Å². The molecule has 0 radical (unpaired) electrons. The Morgan fingerprint density at radius 3 is 2.65 bits per heavy atom. The van der Waals surface area contributed by atoms with Crippen molar-refractivity contribution in [3.05, 3.63) is 28.8 Å². The van der Waals surface area contributed by atoms with E-state index >= 15 is 0 Å². The third kappa shape index (κ3) is 1.97. The van der Waals surface area contributed by atoms with E-state index in [2.05, 4.69) is 5.32 Å². The van der Waals surface area contributed by atoms with Crippen molar-refractivity contribution in [1.29, 1.82) is 0 Å². The van der Waals surface area contributed by atoms with E-state index < -0.39 is 27.2 Å². The van der Waals surface area contributed by atoms with Crippen molar-refractivity contribution < 1.29 is 13.2 Å². The molecule has 0 saturated carbocycles. The van der Waals surface area contributed by atoms with Crippen molar-refractivity contribution in [1.82, 2.24) is 4.31 Å². The molecule has 108 valence electrons. The van der Waals surface area contributed by atoms with Crippen molar-refractivity contribution in [3.63, 3.8) is 0 Å². The molecule has 1 aromatic carbocycles. The molecule has 2 aliphatic heterocycles. The van der Waals surface area contributed by atoms with E-state index in [4.69, 9.17) is 17.3 Å². The summed E-state index contributed by atoms with van der Waals surface area (Å²) in [5.74, 6) is -0.688. The van der Waals surface area contributed by atoms with Gasteiger partial charge in [-0.1, -0.05) is 11.6 Å². The van der Waals surface area contributed by atoms with Crippen LogP contribution in [0.3, 0.4) is 0 Å². The van der Waals surface area contributed by atoms with Crippen LogP contribution in [0.2, 0.25) is 5.02 Å². The lowest BCUT2D eigenvalue weighted by atomic mass is 10.1. The summed E-state index contributed by atoms with van der Waals surface area (Å²) in [6, 6.07) is 3.92. The molecule has 2 heterocycles. The van der Waals surface area contributed by atoms with Crippen LogP contribution in [0.4, 0.5) is 5.69 Å². The Balaban J connectivity index is 2.10. The molecule has 1 saturated heterocycles. The summed E-state index contributed by atoms with van der Waals surface area (Å²) in [4.78, 5) is 11.6. The fourth-order valence-corrected chi connectivity index (χ4v) is 4.91. The third-order valence-electron chi connectivity index (χ3n) is 3.74. The number of halogens is 1. The van der Waals surface area contributed by atoms with Gasteiger partial charge in [-0.15, -0.1) is 0 Å². The topological polar surface area (TPSA) is 92.5 Å². The Labute approximate surface area is 121 Å². The molecule has 2 aliphatic rings. The number of primary amides is 1. The van der Waals surface area contributed by atoms with Crippen LogP contribution in [0.15, 0.2) is 18.2 Å². The highest BCUT2D eigenvalue weighted by atomic mass is 35.5. The van der Waals surface area contributed by atoms with Crippen molar-refractivity contribution in [3.8, 4) is 0 Å². The molecule has 1 aromatic rings. The van der Waals surface area contributed by atoms with Gasteiger partial charge in [0.15, 0.2) is 0 Å². The zero-order valence-electron chi connectivity index (χ0n) is 10.5. The van der Waals surface area contributed by atoms with Gasteiger partial charge in [-0.25, -0.2) is 12.7 Å². The number of nitrogens with one attached hydrogen (secondary N) is 1. The Bertz CT molecular complexity index is 673. The maximum absolute atomic E-state index is 12.6. The molecule has 2 unspecified atom stereocenters. The number of benzene rings is 1. The predicted octanol–water partition coefficient (Wildman–Crippen LogP) is 0.696. The van der Waals surface area contributed by atoms with Crippen LogP contribution in [0.5, 0.6) is 0 Å². The first kappa shape index (κ1) is 13.7. The maximum atomic E-state index is 12.6. The molecule has 1 fully saturated rings. The number of hydrogen-bond donors (Lipinski definition) is 2. The largest absolute Gasteiger partial charge is 0.372 e. The minimum absolute atomic E-state index is 0.430. The second kappa shape index (κ2) is 4.61. The molecule has 3 rings (SSSR count). The van der Waals surface area contributed by atoms with Crippen LogP contribution in [-0.4, -0.2) is 37.8 Å². The van der Waals surface area contributed by atoms with Gasteiger partial charge in [0.25, 0.3) is 0 Å². The van der Waals surface area contributed by atoms with Gasteiger partial charge in [-0.05, 0) is 30.2 Å². The van der Waals surface area contributed by atoms with Crippen LogP contribution < -0.4 is 11.1 Å². The number of amides is 1. The summed E-state index contributed by atoms with van der Waals surface area (Å²) in [5.41, 5.74) is 6.44. The summed E-state index contributed by atoms with van der Waals surface area (Å²) in [6.07, 6.45) is 0.836. The minimum atomic E-state index is -3.61. The smallest absolute Gasteiger partial charge is 0.241 e. The van der Waals surface area contributed by atoms with E-state index in [-0.39, 0.29) is 0 Å². The standard InChI is InChI=1S/C12H14ClN3O3S/c13-7-2-3-9-8(6-7)11(10(15-9)12(14)17)20(18,19)16-4-1-5-16/h2-3,6,10-11,15H,1,4-5H2,(H2,14,17). The van der Waals surface area contributed by atoms with Gasteiger partial charge in [-0.2, -0.15) is 0 Å². The second-order valence-electron chi connectivity index (χ2n) is 4.97. The number of nitrogens with zero attached hydrogens (tertiary/aromatic N) is 1. The summed E-state index contributed by atoms with van der Waals surface area (Å²) in [5, 5.41) is 2.31. The molecule has 0 aromatic heterocycles. The van der Waals surface area contributed by atoms with Gasteiger partial charge in [0.05, 0.1) is 0 Å². The zero-order chi connectivity index (χ0) is 14.5. The monoisotopic (exact) mass is 315 g/mol. The Morgan fingerprint density at radius 1 is 1.40 bits per heavy atom. The number of rotatable bonds is 3. The van der Waals surface area contributed by atoms with Crippen LogP contribution in [0, 0.1) is 0 Å². The molecule has 2 atom stereocenters. The van der Waals surface area contributed by atoms with Gasteiger partial charge in [-0.3, -0.25) is 4.79 Å².